The van der Waals surface area contributed by atoms with Gasteiger partial charge in [0.1, 0.15) is 7.11 Å². The standard InChI is InChI=1S/C8H13N3O3/c1-4-11-7(12)6(5-9-14-3)10(2)8(11)13/h5-6H,4H2,1-3H3/b9-5+. The zero-order valence-electron chi connectivity index (χ0n) is 8.43. The molecule has 0 N–H and O–H groups in total. The molecule has 0 bridgehead atoms. The highest BCUT2D eigenvalue weighted by molar-refractivity contribution is 6.12. The van der Waals surface area contributed by atoms with Crippen molar-refractivity contribution in [2.75, 3.05) is 20.7 Å². The Kier molecular flexibility index (Phi) is 3.06. The number of rotatable bonds is 3. The maximum atomic E-state index is 11.6. The van der Waals surface area contributed by atoms with Crippen LogP contribution >= 0.6 is 0 Å². The molecule has 0 aromatic carbocycles. The van der Waals surface area contributed by atoms with E-state index in [4.69, 9.17) is 0 Å². The Labute approximate surface area is 82.1 Å². The van der Waals surface area contributed by atoms with Gasteiger partial charge in [-0.2, -0.15) is 0 Å². The van der Waals surface area contributed by atoms with Gasteiger partial charge in [-0.1, -0.05) is 5.16 Å². The molecule has 0 radical (unpaired) electrons. The van der Waals surface area contributed by atoms with Crippen molar-refractivity contribution in [3.63, 3.8) is 0 Å². The molecule has 1 rings (SSSR count). The minimum Gasteiger partial charge on any atom is -0.399 e. The van der Waals surface area contributed by atoms with Crippen molar-refractivity contribution in [3.8, 4) is 0 Å². The average molecular weight is 199 g/mol. The number of imide groups is 1. The van der Waals surface area contributed by atoms with Crippen LogP contribution in [0.4, 0.5) is 4.79 Å². The van der Waals surface area contributed by atoms with Crippen molar-refractivity contribution < 1.29 is 14.4 Å². The molecule has 78 valence electrons. The third-order valence-corrected chi connectivity index (χ3v) is 2.09. The highest BCUT2D eigenvalue weighted by atomic mass is 16.6. The second kappa shape index (κ2) is 4.08. The molecule has 1 saturated heterocycles. The van der Waals surface area contributed by atoms with Gasteiger partial charge in [-0.3, -0.25) is 9.69 Å². The first-order valence-corrected chi connectivity index (χ1v) is 4.28. The van der Waals surface area contributed by atoms with Gasteiger partial charge in [-0.25, -0.2) is 4.79 Å². The Bertz CT molecular complexity index is 277. The largest absolute Gasteiger partial charge is 0.399 e. The fraction of sp³-hybridized carbons (Fsp3) is 0.625. The maximum absolute atomic E-state index is 11.6. The van der Waals surface area contributed by atoms with E-state index >= 15 is 0 Å². The van der Waals surface area contributed by atoms with Gasteiger partial charge < -0.3 is 9.74 Å². The summed E-state index contributed by atoms with van der Waals surface area (Å²) in [6.07, 6.45) is 1.32. The Hall–Kier alpha value is -1.59. The molecule has 3 amide bonds. The lowest BCUT2D eigenvalue weighted by molar-refractivity contribution is -0.126. The molecule has 6 nitrogen and oxygen atoms in total. The van der Waals surface area contributed by atoms with E-state index in [0.717, 1.165) is 0 Å². The van der Waals surface area contributed by atoms with E-state index in [9.17, 15) is 9.59 Å². The Morgan fingerprint density at radius 3 is 2.64 bits per heavy atom. The number of hydrogen-bond acceptors (Lipinski definition) is 4. The Balaban J connectivity index is 2.83. The molecule has 0 aromatic rings. The van der Waals surface area contributed by atoms with E-state index in [2.05, 4.69) is 9.99 Å². The molecule has 0 spiro atoms. The van der Waals surface area contributed by atoms with Crippen LogP contribution < -0.4 is 0 Å². The van der Waals surface area contributed by atoms with Crippen molar-refractivity contribution >= 4 is 18.2 Å². The number of urea groups is 1. The average Bonchev–Trinajstić information content (AvgIpc) is 2.37. The van der Waals surface area contributed by atoms with Crippen molar-refractivity contribution in [2.24, 2.45) is 5.16 Å². The molecule has 1 heterocycles. The zero-order valence-corrected chi connectivity index (χ0v) is 8.43. The van der Waals surface area contributed by atoms with Crippen molar-refractivity contribution in [1.29, 1.82) is 0 Å². The summed E-state index contributed by atoms with van der Waals surface area (Å²) in [7, 11) is 2.94. The summed E-state index contributed by atoms with van der Waals surface area (Å²) < 4.78 is 0. The normalized spacial score (nSPS) is 22.6. The molecule has 6 heteroatoms. The Morgan fingerprint density at radius 1 is 1.57 bits per heavy atom. The number of hydrogen-bond donors (Lipinski definition) is 0. The van der Waals surface area contributed by atoms with E-state index in [1.54, 1.807) is 14.0 Å². The van der Waals surface area contributed by atoms with E-state index in [1.165, 1.54) is 23.1 Å². The predicted octanol–water partition coefficient (Wildman–Crippen LogP) is -0.0989. The molecule has 1 atom stereocenters. The molecule has 1 aliphatic rings. The van der Waals surface area contributed by atoms with E-state index in [1.807, 2.05) is 0 Å². The Morgan fingerprint density at radius 2 is 2.21 bits per heavy atom. The smallest absolute Gasteiger partial charge is 0.327 e. The number of nitrogens with zero attached hydrogens (tertiary/aromatic N) is 3. The lowest BCUT2D eigenvalue weighted by atomic mass is 10.3. The van der Waals surface area contributed by atoms with Gasteiger partial charge in [0.15, 0.2) is 6.04 Å². The summed E-state index contributed by atoms with van der Waals surface area (Å²) in [5.74, 6) is -0.263. The lowest BCUT2D eigenvalue weighted by Crippen LogP contribution is -2.32. The molecule has 0 saturated carbocycles. The van der Waals surface area contributed by atoms with Gasteiger partial charge >= 0.3 is 6.03 Å². The zero-order chi connectivity index (χ0) is 10.7. The third-order valence-electron chi connectivity index (χ3n) is 2.09. The van der Waals surface area contributed by atoms with E-state index in [-0.39, 0.29) is 11.9 Å². The molecular weight excluding hydrogens is 186 g/mol. The van der Waals surface area contributed by atoms with Crippen LogP contribution in [0, 0.1) is 0 Å². The molecule has 0 aromatic heterocycles. The highest BCUT2D eigenvalue weighted by Crippen LogP contribution is 2.13. The number of likely N-dealkylation sites (N-methyl/N-ethyl adjacent to an activating group) is 2. The molecule has 1 fully saturated rings. The SMILES string of the molecule is CCN1C(=O)C(/C=N/OC)N(C)C1=O. The van der Waals surface area contributed by atoms with Gasteiger partial charge in [0.05, 0.1) is 6.21 Å². The van der Waals surface area contributed by atoms with Gasteiger partial charge in [-0.05, 0) is 6.92 Å². The van der Waals surface area contributed by atoms with Crippen molar-refractivity contribution in [1.82, 2.24) is 9.80 Å². The first-order chi connectivity index (χ1) is 6.63. The number of amides is 3. The van der Waals surface area contributed by atoms with Crippen LogP contribution in [0.5, 0.6) is 0 Å². The van der Waals surface area contributed by atoms with E-state index < -0.39 is 6.04 Å². The summed E-state index contributed by atoms with van der Waals surface area (Å²) in [4.78, 5) is 30.0. The first-order valence-electron chi connectivity index (χ1n) is 4.28. The number of carbonyl (C=O) groups is 2. The van der Waals surface area contributed by atoms with Gasteiger partial charge in [0, 0.05) is 13.6 Å². The van der Waals surface area contributed by atoms with Gasteiger partial charge in [-0.15, -0.1) is 0 Å². The number of oxime groups is 1. The highest BCUT2D eigenvalue weighted by Gasteiger charge is 2.41. The van der Waals surface area contributed by atoms with Crippen LogP contribution in [0.3, 0.4) is 0 Å². The molecule has 1 unspecified atom stereocenters. The van der Waals surface area contributed by atoms with Crippen LogP contribution in [-0.4, -0.2) is 54.7 Å². The summed E-state index contributed by atoms with van der Waals surface area (Å²) in [5, 5.41) is 3.49. The van der Waals surface area contributed by atoms with Crippen molar-refractivity contribution in [2.45, 2.75) is 13.0 Å². The molecule has 1 aliphatic heterocycles. The fourth-order valence-corrected chi connectivity index (χ4v) is 1.30. The fourth-order valence-electron chi connectivity index (χ4n) is 1.30. The van der Waals surface area contributed by atoms with Gasteiger partial charge in [0.2, 0.25) is 0 Å². The first kappa shape index (κ1) is 10.5. The summed E-state index contributed by atoms with van der Waals surface area (Å²) in [6, 6.07) is -0.938. The maximum Gasteiger partial charge on any atom is 0.327 e. The second-order valence-electron chi connectivity index (χ2n) is 2.86. The molecular formula is C8H13N3O3. The third kappa shape index (κ3) is 1.55. The van der Waals surface area contributed by atoms with Crippen LogP contribution in [0.15, 0.2) is 5.16 Å². The van der Waals surface area contributed by atoms with Crippen LogP contribution in [-0.2, 0) is 9.63 Å². The van der Waals surface area contributed by atoms with Crippen LogP contribution in [0.25, 0.3) is 0 Å². The predicted molar refractivity (Wildman–Crippen MR) is 49.8 cm³/mol. The summed E-state index contributed by atoms with van der Waals surface area (Å²) in [6.45, 7) is 2.12. The monoisotopic (exact) mass is 199 g/mol. The lowest BCUT2D eigenvalue weighted by Gasteiger charge is -2.11. The summed E-state index contributed by atoms with van der Waals surface area (Å²) in [5.41, 5.74) is 0. The van der Waals surface area contributed by atoms with Crippen molar-refractivity contribution in [3.05, 3.63) is 0 Å². The van der Waals surface area contributed by atoms with Crippen LogP contribution in [0.1, 0.15) is 6.92 Å². The molecule has 0 aliphatic carbocycles. The molecule has 14 heavy (non-hydrogen) atoms. The van der Waals surface area contributed by atoms with E-state index in [0.29, 0.717) is 6.54 Å². The summed E-state index contributed by atoms with van der Waals surface area (Å²) >= 11 is 0. The minimum atomic E-state index is -0.637. The van der Waals surface area contributed by atoms with Gasteiger partial charge in [0.25, 0.3) is 5.91 Å². The quantitative estimate of drug-likeness (QED) is 0.362. The topological polar surface area (TPSA) is 62.2 Å². The second-order valence-corrected chi connectivity index (χ2v) is 2.86. The number of carbonyl (C=O) groups excluding carboxylic acids is 2. The van der Waals surface area contributed by atoms with Crippen LogP contribution in [0.2, 0.25) is 0 Å². The minimum absolute atomic E-state index is 0.263.